The maximum absolute atomic E-state index is 14.8. The highest BCUT2D eigenvalue weighted by Gasteiger charge is 2.31. The zero-order chi connectivity index (χ0) is 21.9. The Bertz CT molecular complexity index is 782. The summed E-state index contributed by atoms with van der Waals surface area (Å²) in [5.74, 6) is -1.96. The van der Waals surface area contributed by atoms with Gasteiger partial charge in [-0.15, -0.1) is 0 Å². The summed E-state index contributed by atoms with van der Waals surface area (Å²) in [4.78, 5) is 25.3. The van der Waals surface area contributed by atoms with Gasteiger partial charge >= 0.3 is 12.1 Å². The molecule has 1 fully saturated rings. The molecule has 0 aromatic heterocycles. The fourth-order valence-corrected chi connectivity index (χ4v) is 3.48. The first-order chi connectivity index (χ1) is 13.4. The van der Waals surface area contributed by atoms with Gasteiger partial charge in [0.05, 0.1) is 28.0 Å². The Morgan fingerprint density at radius 3 is 2.66 bits per heavy atom. The molecule has 29 heavy (non-hydrogen) atoms. The van der Waals surface area contributed by atoms with Crippen molar-refractivity contribution < 1.29 is 23.8 Å². The fraction of sp³-hybridized carbons (Fsp3) is 0.600. The van der Waals surface area contributed by atoms with E-state index in [0.29, 0.717) is 19.5 Å². The predicted octanol–water partition coefficient (Wildman–Crippen LogP) is 4.49. The standard InChI is InChI=1S/C20H29ClFN3O4/c1-6-11(2)23-16-13(18(26)27)9-14(22)17(15(16)21)25-8-7-12(10-25)24-19(28)29-20(3,4)5/h9,11-12,23H,6-8,10H2,1-5H3,(H,24,28)(H,26,27). The summed E-state index contributed by atoms with van der Waals surface area (Å²) in [5.41, 5.74) is -0.482. The van der Waals surface area contributed by atoms with Gasteiger partial charge in [-0.25, -0.2) is 14.0 Å². The second kappa shape index (κ2) is 9.07. The van der Waals surface area contributed by atoms with E-state index in [9.17, 15) is 19.1 Å². The number of anilines is 2. The van der Waals surface area contributed by atoms with E-state index in [1.165, 1.54) is 0 Å². The van der Waals surface area contributed by atoms with E-state index in [0.717, 1.165) is 12.5 Å². The molecule has 9 heteroatoms. The molecule has 0 saturated carbocycles. The number of aromatic carboxylic acids is 1. The van der Waals surface area contributed by atoms with E-state index in [2.05, 4.69) is 10.6 Å². The van der Waals surface area contributed by atoms with Gasteiger partial charge < -0.3 is 25.4 Å². The van der Waals surface area contributed by atoms with Gasteiger partial charge in [0.15, 0.2) is 0 Å². The van der Waals surface area contributed by atoms with Crippen LogP contribution in [0.2, 0.25) is 5.02 Å². The molecule has 2 rings (SSSR count). The number of rotatable bonds is 6. The third-order valence-corrected chi connectivity index (χ3v) is 5.02. The van der Waals surface area contributed by atoms with Gasteiger partial charge in [0.2, 0.25) is 0 Å². The predicted molar refractivity (Wildman–Crippen MR) is 112 cm³/mol. The second-order valence-electron chi connectivity index (χ2n) is 8.28. The third kappa shape index (κ3) is 5.88. The highest BCUT2D eigenvalue weighted by molar-refractivity contribution is 6.36. The summed E-state index contributed by atoms with van der Waals surface area (Å²) in [6, 6.07) is 0.720. The number of nitrogens with zero attached hydrogens (tertiary/aromatic N) is 1. The number of nitrogens with one attached hydrogen (secondary N) is 2. The summed E-state index contributed by atoms with van der Waals surface area (Å²) in [6.45, 7) is 9.97. The molecule has 1 heterocycles. The largest absolute Gasteiger partial charge is 0.478 e. The molecule has 0 spiro atoms. The molecular weight excluding hydrogens is 401 g/mol. The quantitative estimate of drug-likeness (QED) is 0.617. The molecular formula is C20H29ClFN3O4. The van der Waals surface area contributed by atoms with E-state index in [1.54, 1.807) is 25.7 Å². The lowest BCUT2D eigenvalue weighted by Crippen LogP contribution is -2.40. The minimum absolute atomic E-state index is 0.0284. The Morgan fingerprint density at radius 2 is 2.10 bits per heavy atom. The maximum Gasteiger partial charge on any atom is 0.407 e. The van der Waals surface area contributed by atoms with E-state index in [1.807, 2.05) is 13.8 Å². The average molecular weight is 430 g/mol. The van der Waals surface area contributed by atoms with Gasteiger partial charge in [-0.05, 0) is 46.6 Å². The smallest absolute Gasteiger partial charge is 0.407 e. The van der Waals surface area contributed by atoms with Crippen LogP contribution in [-0.4, -0.2) is 47.9 Å². The Morgan fingerprint density at radius 1 is 1.45 bits per heavy atom. The van der Waals surface area contributed by atoms with Crippen molar-refractivity contribution in [2.24, 2.45) is 0 Å². The number of carboxylic acid groups (broad SMARTS) is 1. The number of amides is 1. The van der Waals surface area contributed by atoms with Crippen molar-refractivity contribution in [3.05, 3.63) is 22.5 Å². The Labute approximate surface area is 175 Å². The van der Waals surface area contributed by atoms with Crippen molar-refractivity contribution >= 4 is 35.0 Å². The van der Waals surface area contributed by atoms with E-state index in [4.69, 9.17) is 16.3 Å². The van der Waals surface area contributed by atoms with Crippen LogP contribution in [0.1, 0.15) is 57.8 Å². The summed E-state index contributed by atoms with van der Waals surface area (Å²) in [6.07, 6.45) is 0.800. The molecule has 1 aromatic rings. The molecule has 2 unspecified atom stereocenters. The van der Waals surface area contributed by atoms with Crippen LogP contribution in [0, 0.1) is 5.82 Å². The number of alkyl carbamates (subject to hydrolysis) is 1. The average Bonchev–Trinajstić information content (AvgIpc) is 3.02. The van der Waals surface area contributed by atoms with Crippen molar-refractivity contribution in [2.45, 2.75) is 65.1 Å². The number of carboxylic acids is 1. The van der Waals surface area contributed by atoms with Crippen LogP contribution in [0.3, 0.4) is 0 Å². The lowest BCUT2D eigenvalue weighted by atomic mass is 10.1. The van der Waals surface area contributed by atoms with Crippen molar-refractivity contribution in [3.8, 4) is 0 Å². The first-order valence-electron chi connectivity index (χ1n) is 9.69. The number of halogens is 2. The first kappa shape index (κ1) is 23.1. The van der Waals surface area contributed by atoms with Gasteiger partial charge in [-0.1, -0.05) is 18.5 Å². The molecule has 1 aliphatic rings. The van der Waals surface area contributed by atoms with Crippen molar-refractivity contribution in [1.82, 2.24) is 5.32 Å². The minimum Gasteiger partial charge on any atom is -0.478 e. The van der Waals surface area contributed by atoms with Gasteiger partial charge in [0, 0.05) is 19.1 Å². The Balaban J connectivity index is 2.25. The summed E-state index contributed by atoms with van der Waals surface area (Å²) < 4.78 is 20.1. The number of ether oxygens (including phenoxy) is 1. The van der Waals surface area contributed by atoms with Crippen molar-refractivity contribution in [1.29, 1.82) is 0 Å². The highest BCUT2D eigenvalue weighted by Crippen LogP contribution is 2.40. The number of benzene rings is 1. The molecule has 0 radical (unpaired) electrons. The van der Waals surface area contributed by atoms with Crippen LogP contribution in [0.4, 0.5) is 20.6 Å². The van der Waals surface area contributed by atoms with Gasteiger partial charge in [0.25, 0.3) is 0 Å². The topological polar surface area (TPSA) is 90.9 Å². The SMILES string of the molecule is CCC(C)Nc1c(C(=O)O)cc(F)c(N2CCC(NC(=O)OC(C)(C)C)C2)c1Cl. The van der Waals surface area contributed by atoms with Crippen LogP contribution >= 0.6 is 11.6 Å². The number of carbonyl (C=O) groups excluding carboxylic acids is 1. The monoisotopic (exact) mass is 429 g/mol. The fourth-order valence-electron chi connectivity index (χ4n) is 3.11. The molecule has 1 aromatic carbocycles. The molecule has 2 atom stereocenters. The van der Waals surface area contributed by atoms with Crippen LogP contribution in [0.25, 0.3) is 0 Å². The molecule has 1 aliphatic heterocycles. The molecule has 0 bridgehead atoms. The number of hydrogen-bond donors (Lipinski definition) is 3. The molecule has 1 saturated heterocycles. The third-order valence-electron chi connectivity index (χ3n) is 4.65. The van der Waals surface area contributed by atoms with Crippen LogP contribution in [-0.2, 0) is 4.74 Å². The normalized spacial score (nSPS) is 17.8. The van der Waals surface area contributed by atoms with E-state index >= 15 is 0 Å². The molecule has 0 aliphatic carbocycles. The second-order valence-corrected chi connectivity index (χ2v) is 8.66. The summed E-state index contributed by atoms with van der Waals surface area (Å²) in [5, 5.41) is 15.3. The summed E-state index contributed by atoms with van der Waals surface area (Å²) in [7, 11) is 0. The van der Waals surface area contributed by atoms with Crippen molar-refractivity contribution in [2.75, 3.05) is 23.3 Å². The van der Waals surface area contributed by atoms with Crippen molar-refractivity contribution in [3.63, 3.8) is 0 Å². The molecule has 162 valence electrons. The zero-order valence-corrected chi connectivity index (χ0v) is 18.2. The lowest BCUT2D eigenvalue weighted by Gasteiger charge is -2.25. The van der Waals surface area contributed by atoms with Gasteiger partial charge in [0.1, 0.15) is 11.4 Å². The number of carbonyl (C=O) groups is 2. The first-order valence-corrected chi connectivity index (χ1v) is 10.1. The van der Waals surface area contributed by atoms with Gasteiger partial charge in [-0.2, -0.15) is 0 Å². The van der Waals surface area contributed by atoms with E-state index in [-0.39, 0.29) is 34.0 Å². The van der Waals surface area contributed by atoms with Crippen LogP contribution in [0.15, 0.2) is 6.07 Å². The highest BCUT2D eigenvalue weighted by atomic mass is 35.5. The Hall–Kier alpha value is -2.22. The maximum atomic E-state index is 14.8. The molecule has 1 amide bonds. The molecule has 3 N–H and O–H groups in total. The van der Waals surface area contributed by atoms with Crippen LogP contribution < -0.4 is 15.5 Å². The molecule has 7 nitrogen and oxygen atoms in total. The zero-order valence-electron chi connectivity index (χ0n) is 17.4. The van der Waals surface area contributed by atoms with Crippen LogP contribution in [0.5, 0.6) is 0 Å². The van der Waals surface area contributed by atoms with Gasteiger partial charge in [-0.3, -0.25) is 0 Å². The Kier molecular flexibility index (Phi) is 7.21. The number of hydrogen-bond acceptors (Lipinski definition) is 5. The summed E-state index contributed by atoms with van der Waals surface area (Å²) >= 11 is 6.47. The lowest BCUT2D eigenvalue weighted by molar-refractivity contribution is 0.0508. The van der Waals surface area contributed by atoms with E-state index < -0.39 is 23.5 Å². The minimum atomic E-state index is -1.26.